The minimum atomic E-state index is -3.79. The number of aromatic nitrogens is 2. The first-order valence-corrected chi connectivity index (χ1v) is 7.28. The topological polar surface area (TPSA) is 90.0 Å². The van der Waals surface area contributed by atoms with Crippen LogP contribution in [0.4, 0.5) is 15.8 Å². The number of aryl methyl sites for hydroxylation is 2. The van der Waals surface area contributed by atoms with Crippen molar-refractivity contribution in [1.29, 1.82) is 0 Å². The smallest absolute Gasteiger partial charge is 0.265 e. The lowest BCUT2D eigenvalue weighted by Crippen LogP contribution is -2.15. The summed E-state index contributed by atoms with van der Waals surface area (Å²) in [5, 5.41) is 4.06. The van der Waals surface area contributed by atoms with Gasteiger partial charge in [-0.05, 0) is 32.0 Å². The molecule has 0 aliphatic carbocycles. The monoisotopic (exact) mass is 298 g/mol. The van der Waals surface area contributed by atoms with Crippen LogP contribution in [-0.2, 0) is 17.1 Å². The van der Waals surface area contributed by atoms with Gasteiger partial charge in [-0.15, -0.1) is 0 Å². The molecule has 0 spiro atoms. The zero-order chi connectivity index (χ0) is 15.1. The van der Waals surface area contributed by atoms with Crippen LogP contribution in [0.5, 0.6) is 0 Å². The summed E-state index contributed by atoms with van der Waals surface area (Å²) in [5.41, 5.74) is 6.41. The Bertz CT molecular complexity index is 768. The molecule has 6 nitrogen and oxygen atoms in total. The fourth-order valence-electron chi connectivity index (χ4n) is 1.96. The molecule has 1 heterocycles. The second-order valence-corrected chi connectivity index (χ2v) is 6.08. The minimum Gasteiger partial charge on any atom is -0.396 e. The van der Waals surface area contributed by atoms with E-state index in [9.17, 15) is 12.8 Å². The number of nitrogens with one attached hydrogen (secondary N) is 1. The summed E-state index contributed by atoms with van der Waals surface area (Å²) >= 11 is 0. The third-order valence-corrected chi connectivity index (χ3v) is 4.59. The number of benzene rings is 1. The van der Waals surface area contributed by atoms with Gasteiger partial charge in [0.05, 0.1) is 22.8 Å². The highest BCUT2D eigenvalue weighted by atomic mass is 32.2. The van der Waals surface area contributed by atoms with Gasteiger partial charge in [0.2, 0.25) is 0 Å². The number of nitrogens with zero attached hydrogens (tertiary/aromatic N) is 2. The van der Waals surface area contributed by atoms with Gasteiger partial charge in [-0.25, -0.2) is 12.8 Å². The maximum Gasteiger partial charge on any atom is 0.265 e. The molecule has 8 heteroatoms. The molecule has 2 rings (SSSR count). The molecule has 0 aliphatic heterocycles. The normalized spacial score (nSPS) is 11.6. The number of anilines is 2. The predicted octanol–water partition coefficient (Wildman–Crippen LogP) is 1.56. The molecule has 0 unspecified atom stereocenters. The number of nitrogens with two attached hydrogens (primary N) is 1. The lowest BCUT2D eigenvalue weighted by Gasteiger charge is -2.09. The molecule has 0 amide bonds. The van der Waals surface area contributed by atoms with Crippen molar-refractivity contribution in [2.24, 2.45) is 7.05 Å². The third kappa shape index (κ3) is 2.46. The number of rotatable bonds is 3. The Morgan fingerprint density at radius 3 is 2.50 bits per heavy atom. The fourth-order valence-corrected chi connectivity index (χ4v) is 3.45. The van der Waals surface area contributed by atoms with E-state index in [0.29, 0.717) is 11.4 Å². The maximum absolute atomic E-state index is 13.1. The van der Waals surface area contributed by atoms with Crippen LogP contribution >= 0.6 is 0 Å². The molecule has 108 valence electrons. The third-order valence-electron chi connectivity index (χ3n) is 2.96. The fraction of sp³-hybridized carbons (Fsp3) is 0.250. The van der Waals surface area contributed by atoms with Crippen LogP contribution in [0.3, 0.4) is 0 Å². The molecule has 0 saturated heterocycles. The van der Waals surface area contributed by atoms with Crippen molar-refractivity contribution in [3.05, 3.63) is 35.4 Å². The van der Waals surface area contributed by atoms with Crippen molar-refractivity contribution in [2.75, 3.05) is 10.5 Å². The molecule has 1 aromatic carbocycles. The van der Waals surface area contributed by atoms with Gasteiger partial charge in [-0.2, -0.15) is 5.10 Å². The Morgan fingerprint density at radius 1 is 1.35 bits per heavy atom. The molecule has 0 fully saturated rings. The molecular formula is C12H15FN4O2S. The Hall–Kier alpha value is -2.09. The van der Waals surface area contributed by atoms with Gasteiger partial charge >= 0.3 is 0 Å². The van der Waals surface area contributed by atoms with Crippen molar-refractivity contribution in [1.82, 2.24) is 9.78 Å². The van der Waals surface area contributed by atoms with E-state index in [1.54, 1.807) is 20.9 Å². The van der Waals surface area contributed by atoms with Crippen LogP contribution in [0.25, 0.3) is 0 Å². The first-order valence-electron chi connectivity index (χ1n) is 5.80. The largest absolute Gasteiger partial charge is 0.396 e. The highest BCUT2D eigenvalue weighted by Gasteiger charge is 2.23. The van der Waals surface area contributed by atoms with Crippen LogP contribution in [0.15, 0.2) is 23.1 Å². The summed E-state index contributed by atoms with van der Waals surface area (Å²) in [5.74, 6) is -0.596. The summed E-state index contributed by atoms with van der Waals surface area (Å²) in [6, 6.07) is 3.65. The van der Waals surface area contributed by atoms with E-state index in [-0.39, 0.29) is 16.3 Å². The van der Waals surface area contributed by atoms with E-state index in [2.05, 4.69) is 9.82 Å². The summed E-state index contributed by atoms with van der Waals surface area (Å²) in [6.45, 7) is 3.27. The minimum absolute atomic E-state index is 0.114. The summed E-state index contributed by atoms with van der Waals surface area (Å²) in [6.07, 6.45) is 0. The number of hydrogen-bond acceptors (Lipinski definition) is 4. The average molecular weight is 298 g/mol. The molecule has 20 heavy (non-hydrogen) atoms. The standard InChI is InChI=1S/C12H15FN4O2S/c1-7-12(8(2)17(3)15-7)20(18,19)16-9-4-5-10(13)11(14)6-9/h4-6,16H,14H2,1-3H3. The number of nitrogen functional groups attached to an aromatic ring is 1. The Kier molecular flexibility index (Phi) is 3.43. The van der Waals surface area contributed by atoms with Crippen LogP contribution < -0.4 is 10.5 Å². The molecule has 0 atom stereocenters. The van der Waals surface area contributed by atoms with E-state index >= 15 is 0 Å². The van der Waals surface area contributed by atoms with E-state index in [1.807, 2.05) is 0 Å². The Labute approximate surface area is 116 Å². The molecule has 3 N–H and O–H groups in total. The van der Waals surface area contributed by atoms with E-state index < -0.39 is 15.8 Å². The number of hydrogen-bond donors (Lipinski definition) is 2. The van der Waals surface area contributed by atoms with Gasteiger partial charge in [0.25, 0.3) is 10.0 Å². The zero-order valence-corrected chi connectivity index (χ0v) is 12.1. The first-order chi connectivity index (χ1) is 9.22. The van der Waals surface area contributed by atoms with Crippen LogP contribution in [0.2, 0.25) is 0 Å². The summed E-state index contributed by atoms with van der Waals surface area (Å²) in [7, 11) is -2.13. The molecule has 0 saturated carbocycles. The second-order valence-electron chi connectivity index (χ2n) is 4.47. The van der Waals surface area contributed by atoms with Crippen LogP contribution in [-0.4, -0.2) is 18.2 Å². The van der Waals surface area contributed by atoms with Gasteiger partial charge in [0.1, 0.15) is 10.7 Å². The summed E-state index contributed by atoms with van der Waals surface area (Å²) < 4.78 is 41.6. The van der Waals surface area contributed by atoms with Crippen LogP contribution in [0.1, 0.15) is 11.4 Å². The molecule has 0 bridgehead atoms. The highest BCUT2D eigenvalue weighted by molar-refractivity contribution is 7.92. The SMILES string of the molecule is Cc1nn(C)c(C)c1S(=O)(=O)Nc1ccc(F)c(N)c1. The average Bonchev–Trinajstić information content (AvgIpc) is 2.58. The Balaban J connectivity index is 2.43. The number of sulfonamides is 1. The quantitative estimate of drug-likeness (QED) is 0.841. The van der Waals surface area contributed by atoms with E-state index in [1.165, 1.54) is 16.8 Å². The van der Waals surface area contributed by atoms with E-state index in [0.717, 1.165) is 6.07 Å². The van der Waals surface area contributed by atoms with Crippen molar-refractivity contribution in [2.45, 2.75) is 18.7 Å². The van der Waals surface area contributed by atoms with Crippen LogP contribution in [0, 0.1) is 19.7 Å². The molecule has 0 radical (unpaired) electrons. The van der Waals surface area contributed by atoms with Crippen molar-refractivity contribution in [3.63, 3.8) is 0 Å². The van der Waals surface area contributed by atoms with Gasteiger partial charge in [0.15, 0.2) is 0 Å². The lowest BCUT2D eigenvalue weighted by atomic mass is 10.3. The van der Waals surface area contributed by atoms with Gasteiger partial charge in [0, 0.05) is 7.05 Å². The van der Waals surface area contributed by atoms with Crippen molar-refractivity contribution >= 4 is 21.4 Å². The predicted molar refractivity (Wildman–Crippen MR) is 74.3 cm³/mol. The Morgan fingerprint density at radius 2 is 2.00 bits per heavy atom. The molecule has 0 aliphatic rings. The summed E-state index contributed by atoms with van der Waals surface area (Å²) in [4.78, 5) is 0.114. The second kappa shape index (κ2) is 4.78. The first kappa shape index (κ1) is 14.3. The molecular weight excluding hydrogens is 283 g/mol. The van der Waals surface area contributed by atoms with Gasteiger partial charge in [-0.1, -0.05) is 0 Å². The molecule has 1 aromatic heterocycles. The highest BCUT2D eigenvalue weighted by Crippen LogP contribution is 2.23. The van der Waals surface area contributed by atoms with Gasteiger partial charge in [-0.3, -0.25) is 9.40 Å². The van der Waals surface area contributed by atoms with Crippen molar-refractivity contribution in [3.8, 4) is 0 Å². The maximum atomic E-state index is 13.1. The molecule has 2 aromatic rings. The zero-order valence-electron chi connectivity index (χ0n) is 11.3. The van der Waals surface area contributed by atoms with E-state index in [4.69, 9.17) is 5.73 Å². The van der Waals surface area contributed by atoms with Crippen molar-refractivity contribution < 1.29 is 12.8 Å². The number of halogens is 1. The lowest BCUT2D eigenvalue weighted by molar-refractivity contribution is 0.599. The van der Waals surface area contributed by atoms with Gasteiger partial charge < -0.3 is 5.73 Å².